The highest BCUT2D eigenvalue weighted by atomic mass is 16.3. The lowest BCUT2D eigenvalue weighted by Crippen LogP contribution is -1.91. The number of H-pyrrole nitrogens is 1. The summed E-state index contributed by atoms with van der Waals surface area (Å²) in [5, 5.41) is 9.37. The second-order valence-electron chi connectivity index (χ2n) is 4.03. The highest BCUT2D eigenvalue weighted by Crippen LogP contribution is 2.29. The number of nitrogens with zero attached hydrogens (tertiary/aromatic N) is 1. The van der Waals surface area contributed by atoms with Crippen molar-refractivity contribution in [1.82, 2.24) is 4.98 Å². The molecule has 1 aromatic carbocycles. The molecule has 1 aliphatic rings. The molecule has 1 aromatic heterocycles. The van der Waals surface area contributed by atoms with Gasteiger partial charge < -0.3 is 10.1 Å². The molecular weight excluding hydrogens is 224 g/mol. The summed E-state index contributed by atoms with van der Waals surface area (Å²) in [4.78, 5) is 7.55. The Bertz CT molecular complexity index is 618. The number of aromatic hydroxyl groups is 1. The van der Waals surface area contributed by atoms with Crippen molar-refractivity contribution in [3.63, 3.8) is 0 Å². The van der Waals surface area contributed by atoms with Gasteiger partial charge in [0.1, 0.15) is 5.75 Å². The van der Waals surface area contributed by atoms with Crippen LogP contribution in [-0.2, 0) is 0 Å². The highest BCUT2D eigenvalue weighted by Gasteiger charge is 2.12. The summed E-state index contributed by atoms with van der Waals surface area (Å²) in [5.74, 6) is 0.264. The highest BCUT2D eigenvalue weighted by molar-refractivity contribution is 5.88. The van der Waals surface area contributed by atoms with Crippen LogP contribution in [0.15, 0.2) is 65.4 Å². The second kappa shape index (κ2) is 4.37. The molecule has 0 spiro atoms. The van der Waals surface area contributed by atoms with Gasteiger partial charge >= 0.3 is 0 Å². The molecule has 0 unspecified atom stereocenters. The molecule has 0 atom stereocenters. The van der Waals surface area contributed by atoms with E-state index in [4.69, 9.17) is 0 Å². The molecule has 18 heavy (non-hydrogen) atoms. The number of aromatic nitrogens is 1. The number of phenolic OH excluding ortho intramolecular Hbond substituents is 1. The van der Waals surface area contributed by atoms with E-state index in [0.29, 0.717) is 0 Å². The van der Waals surface area contributed by atoms with Gasteiger partial charge in [-0.1, -0.05) is 12.1 Å². The SMILES string of the molecule is Oc1ccc(C(=C2C=CC=N2)c2ccc[nH]2)cc1. The summed E-state index contributed by atoms with van der Waals surface area (Å²) in [6.45, 7) is 0. The number of allylic oxidation sites excluding steroid dienone is 2. The monoisotopic (exact) mass is 236 g/mol. The third-order valence-corrected chi connectivity index (χ3v) is 2.83. The van der Waals surface area contributed by atoms with E-state index in [-0.39, 0.29) is 5.75 Å². The first-order valence-corrected chi connectivity index (χ1v) is 5.73. The topological polar surface area (TPSA) is 48.4 Å². The van der Waals surface area contributed by atoms with Gasteiger partial charge in [-0.3, -0.25) is 4.99 Å². The molecule has 0 saturated heterocycles. The number of benzene rings is 1. The summed E-state index contributed by atoms with van der Waals surface area (Å²) in [7, 11) is 0. The van der Waals surface area contributed by atoms with Crippen LogP contribution in [-0.4, -0.2) is 16.3 Å². The zero-order chi connectivity index (χ0) is 12.4. The van der Waals surface area contributed by atoms with E-state index in [2.05, 4.69) is 9.98 Å². The van der Waals surface area contributed by atoms with Crippen LogP contribution in [0.25, 0.3) is 5.57 Å². The van der Waals surface area contributed by atoms with E-state index >= 15 is 0 Å². The average molecular weight is 236 g/mol. The van der Waals surface area contributed by atoms with Crippen LogP contribution in [0.1, 0.15) is 11.3 Å². The van der Waals surface area contributed by atoms with Crippen molar-refractivity contribution in [2.24, 2.45) is 4.99 Å². The van der Waals surface area contributed by atoms with Gasteiger partial charge in [0.05, 0.1) is 5.70 Å². The van der Waals surface area contributed by atoms with Crippen molar-refractivity contribution in [1.29, 1.82) is 0 Å². The number of rotatable bonds is 2. The van der Waals surface area contributed by atoms with Crippen LogP contribution >= 0.6 is 0 Å². The largest absolute Gasteiger partial charge is 0.508 e. The van der Waals surface area contributed by atoms with Gasteiger partial charge in [0, 0.05) is 23.7 Å². The lowest BCUT2D eigenvalue weighted by molar-refractivity contribution is 0.475. The van der Waals surface area contributed by atoms with E-state index in [1.807, 2.05) is 42.6 Å². The molecule has 88 valence electrons. The van der Waals surface area contributed by atoms with Gasteiger partial charge in [-0.25, -0.2) is 0 Å². The van der Waals surface area contributed by atoms with Gasteiger partial charge in [-0.2, -0.15) is 0 Å². The number of hydrogen-bond acceptors (Lipinski definition) is 2. The zero-order valence-electron chi connectivity index (χ0n) is 9.67. The molecule has 2 N–H and O–H groups in total. The minimum Gasteiger partial charge on any atom is -0.508 e. The fourth-order valence-electron chi connectivity index (χ4n) is 2.00. The summed E-state index contributed by atoms with van der Waals surface area (Å²) < 4.78 is 0. The van der Waals surface area contributed by atoms with Crippen LogP contribution in [0.2, 0.25) is 0 Å². The first-order chi connectivity index (χ1) is 8.84. The van der Waals surface area contributed by atoms with E-state index in [1.165, 1.54) is 0 Å². The number of hydrogen-bond donors (Lipinski definition) is 2. The van der Waals surface area contributed by atoms with Crippen LogP contribution in [0, 0.1) is 0 Å². The molecule has 3 heteroatoms. The van der Waals surface area contributed by atoms with Crippen molar-refractivity contribution in [2.45, 2.75) is 0 Å². The van der Waals surface area contributed by atoms with Gasteiger partial charge in [0.2, 0.25) is 0 Å². The predicted octanol–water partition coefficient (Wildman–Crippen LogP) is 3.12. The lowest BCUT2D eigenvalue weighted by atomic mass is 10.0. The fraction of sp³-hybridized carbons (Fsp3) is 0. The Kier molecular flexibility index (Phi) is 2.57. The van der Waals surface area contributed by atoms with Gasteiger partial charge in [0.15, 0.2) is 0 Å². The normalized spacial score (nSPS) is 16.2. The Morgan fingerprint density at radius 2 is 1.94 bits per heavy atom. The first-order valence-electron chi connectivity index (χ1n) is 5.73. The summed E-state index contributed by atoms with van der Waals surface area (Å²) in [6, 6.07) is 11.1. The Balaban J connectivity index is 2.18. The summed E-state index contributed by atoms with van der Waals surface area (Å²) >= 11 is 0. The van der Waals surface area contributed by atoms with E-state index < -0.39 is 0 Å². The maximum Gasteiger partial charge on any atom is 0.115 e. The van der Waals surface area contributed by atoms with Crippen molar-refractivity contribution >= 4 is 11.8 Å². The molecule has 0 saturated carbocycles. The molecule has 2 aromatic rings. The van der Waals surface area contributed by atoms with Crippen LogP contribution < -0.4 is 0 Å². The van der Waals surface area contributed by atoms with Gasteiger partial charge in [-0.15, -0.1) is 0 Å². The smallest absolute Gasteiger partial charge is 0.115 e. The molecule has 0 radical (unpaired) electrons. The minimum atomic E-state index is 0.264. The number of nitrogens with one attached hydrogen (secondary N) is 1. The lowest BCUT2D eigenvalue weighted by Gasteiger charge is -2.08. The Morgan fingerprint density at radius 3 is 2.56 bits per heavy atom. The number of aliphatic imine (C=N–C) groups is 1. The standard InChI is InChI=1S/C15H12N2O/c18-12-7-5-11(6-8-12)15(13-3-1-9-16-13)14-4-2-10-17-14/h1-10,16,18H. The Morgan fingerprint density at radius 1 is 1.11 bits per heavy atom. The third-order valence-electron chi connectivity index (χ3n) is 2.83. The van der Waals surface area contributed by atoms with Crippen LogP contribution in [0.5, 0.6) is 5.75 Å². The molecule has 3 nitrogen and oxygen atoms in total. The maximum atomic E-state index is 9.37. The van der Waals surface area contributed by atoms with E-state index in [1.54, 1.807) is 18.3 Å². The molecule has 0 amide bonds. The zero-order valence-corrected chi connectivity index (χ0v) is 9.67. The minimum absolute atomic E-state index is 0.264. The number of phenols is 1. The van der Waals surface area contributed by atoms with Crippen LogP contribution in [0.3, 0.4) is 0 Å². The Hall–Kier alpha value is -2.55. The van der Waals surface area contributed by atoms with Crippen LogP contribution in [0.4, 0.5) is 0 Å². The summed E-state index contributed by atoms with van der Waals surface area (Å²) in [6.07, 6.45) is 7.55. The molecule has 2 heterocycles. The third kappa shape index (κ3) is 1.86. The van der Waals surface area contributed by atoms with Crippen molar-refractivity contribution < 1.29 is 5.11 Å². The molecule has 3 rings (SSSR count). The van der Waals surface area contributed by atoms with Gasteiger partial charge in [0.25, 0.3) is 0 Å². The maximum absolute atomic E-state index is 9.37. The quantitative estimate of drug-likeness (QED) is 0.826. The molecule has 1 aliphatic heterocycles. The van der Waals surface area contributed by atoms with E-state index in [9.17, 15) is 5.11 Å². The fourth-order valence-corrected chi connectivity index (χ4v) is 2.00. The van der Waals surface area contributed by atoms with Crippen molar-refractivity contribution in [2.75, 3.05) is 0 Å². The van der Waals surface area contributed by atoms with E-state index in [0.717, 1.165) is 22.5 Å². The predicted molar refractivity (Wildman–Crippen MR) is 72.6 cm³/mol. The molecule has 0 aliphatic carbocycles. The van der Waals surface area contributed by atoms with Gasteiger partial charge in [-0.05, 0) is 42.0 Å². The molecule has 0 fully saturated rings. The average Bonchev–Trinajstić information content (AvgIpc) is 3.06. The first kappa shape index (κ1) is 10.6. The molecule has 0 bridgehead atoms. The van der Waals surface area contributed by atoms with Crippen molar-refractivity contribution in [3.05, 3.63) is 71.7 Å². The Labute approximate surface area is 105 Å². The second-order valence-corrected chi connectivity index (χ2v) is 4.03. The molecular formula is C15H12N2O. The number of aromatic amines is 1. The summed E-state index contributed by atoms with van der Waals surface area (Å²) in [5.41, 5.74) is 3.99. The van der Waals surface area contributed by atoms with Crippen molar-refractivity contribution in [3.8, 4) is 5.75 Å².